The Morgan fingerprint density at radius 2 is 1.82 bits per heavy atom. The molecular formula is C14H20O3. The molecular weight excluding hydrogens is 216 g/mol. The molecule has 3 heteroatoms. The number of rotatable bonds is 5. The fourth-order valence-corrected chi connectivity index (χ4v) is 1.77. The lowest BCUT2D eigenvalue weighted by molar-refractivity contribution is 0.0599. The van der Waals surface area contributed by atoms with Gasteiger partial charge in [-0.25, -0.2) is 4.79 Å². The van der Waals surface area contributed by atoms with E-state index in [0.29, 0.717) is 12.2 Å². The highest BCUT2D eigenvalue weighted by atomic mass is 16.5. The van der Waals surface area contributed by atoms with Gasteiger partial charge in [-0.05, 0) is 43.5 Å². The van der Waals surface area contributed by atoms with Crippen LogP contribution in [0.1, 0.15) is 41.3 Å². The van der Waals surface area contributed by atoms with Crippen LogP contribution in [-0.4, -0.2) is 19.7 Å². The first kappa shape index (κ1) is 13.6. The number of esters is 1. The minimum Gasteiger partial charge on any atom is -0.494 e. The van der Waals surface area contributed by atoms with E-state index in [1.165, 1.54) is 7.11 Å². The molecule has 0 bridgehead atoms. The van der Waals surface area contributed by atoms with Gasteiger partial charge in [-0.15, -0.1) is 0 Å². The Bertz CT molecular complexity index is 373. The van der Waals surface area contributed by atoms with Crippen LogP contribution in [0.25, 0.3) is 0 Å². The summed E-state index contributed by atoms with van der Waals surface area (Å²) in [4.78, 5) is 11.6. The van der Waals surface area contributed by atoms with E-state index in [1.807, 2.05) is 26.0 Å². The van der Waals surface area contributed by atoms with Crippen molar-refractivity contribution in [3.05, 3.63) is 28.8 Å². The molecule has 1 rings (SSSR count). The maximum absolute atomic E-state index is 11.6. The second-order valence-corrected chi connectivity index (χ2v) is 4.13. The molecule has 0 unspecified atom stereocenters. The zero-order valence-electron chi connectivity index (χ0n) is 11.0. The number of benzene rings is 1. The molecule has 0 spiro atoms. The summed E-state index contributed by atoms with van der Waals surface area (Å²) in [7, 11) is 1.40. The lowest BCUT2D eigenvalue weighted by Gasteiger charge is -2.11. The molecule has 0 aromatic heterocycles. The largest absolute Gasteiger partial charge is 0.494 e. The third-order valence-electron chi connectivity index (χ3n) is 2.66. The molecule has 0 heterocycles. The third kappa shape index (κ3) is 3.48. The molecule has 0 saturated carbocycles. The third-order valence-corrected chi connectivity index (χ3v) is 2.66. The highest BCUT2D eigenvalue weighted by Crippen LogP contribution is 2.22. The number of aryl methyl sites for hydroxylation is 2. The molecule has 0 saturated heterocycles. The minimum absolute atomic E-state index is 0.292. The average Bonchev–Trinajstić information content (AvgIpc) is 2.28. The molecule has 1 aromatic carbocycles. The lowest BCUT2D eigenvalue weighted by atomic mass is 10.0. The van der Waals surface area contributed by atoms with Crippen molar-refractivity contribution in [1.82, 2.24) is 0 Å². The number of hydrogen-bond acceptors (Lipinski definition) is 3. The number of unbranched alkanes of at least 4 members (excludes halogenated alkanes) is 1. The number of carbonyl (C=O) groups excluding carboxylic acids is 1. The first-order valence-corrected chi connectivity index (χ1v) is 5.92. The van der Waals surface area contributed by atoms with E-state index in [1.54, 1.807) is 0 Å². The Kier molecular flexibility index (Phi) is 5.01. The summed E-state index contributed by atoms with van der Waals surface area (Å²) in [6.07, 6.45) is 2.15. The number of hydrogen-bond donors (Lipinski definition) is 0. The van der Waals surface area contributed by atoms with E-state index in [-0.39, 0.29) is 5.97 Å². The summed E-state index contributed by atoms with van der Waals surface area (Å²) in [6.45, 7) is 6.63. The van der Waals surface area contributed by atoms with Crippen molar-refractivity contribution in [3.63, 3.8) is 0 Å². The van der Waals surface area contributed by atoms with E-state index < -0.39 is 0 Å². The standard InChI is InChI=1S/C14H20O3/c1-5-6-7-17-12-8-10(2)13(11(3)9-12)14(15)16-4/h8-9H,5-7H2,1-4H3. The van der Waals surface area contributed by atoms with Crippen LogP contribution in [0.3, 0.4) is 0 Å². The highest BCUT2D eigenvalue weighted by molar-refractivity contribution is 5.92. The fraction of sp³-hybridized carbons (Fsp3) is 0.500. The number of methoxy groups -OCH3 is 1. The first-order chi connectivity index (χ1) is 8.10. The lowest BCUT2D eigenvalue weighted by Crippen LogP contribution is -2.07. The summed E-state index contributed by atoms with van der Waals surface area (Å²) < 4.78 is 10.4. The normalized spacial score (nSPS) is 10.1. The maximum Gasteiger partial charge on any atom is 0.338 e. The van der Waals surface area contributed by atoms with E-state index in [4.69, 9.17) is 9.47 Å². The second-order valence-electron chi connectivity index (χ2n) is 4.13. The van der Waals surface area contributed by atoms with Crippen LogP contribution in [0.4, 0.5) is 0 Å². The molecule has 0 atom stereocenters. The predicted molar refractivity (Wildman–Crippen MR) is 67.7 cm³/mol. The van der Waals surface area contributed by atoms with Gasteiger partial charge >= 0.3 is 5.97 Å². The van der Waals surface area contributed by atoms with Gasteiger partial charge in [0, 0.05) is 0 Å². The molecule has 3 nitrogen and oxygen atoms in total. The molecule has 0 N–H and O–H groups in total. The van der Waals surface area contributed by atoms with Gasteiger partial charge in [0.25, 0.3) is 0 Å². The van der Waals surface area contributed by atoms with Gasteiger partial charge in [-0.3, -0.25) is 0 Å². The Labute approximate surface area is 103 Å². The van der Waals surface area contributed by atoms with Crippen LogP contribution >= 0.6 is 0 Å². The molecule has 0 amide bonds. The summed E-state index contributed by atoms with van der Waals surface area (Å²) in [6, 6.07) is 3.77. The van der Waals surface area contributed by atoms with Crippen LogP contribution in [0.2, 0.25) is 0 Å². The van der Waals surface area contributed by atoms with Gasteiger partial charge in [-0.1, -0.05) is 13.3 Å². The highest BCUT2D eigenvalue weighted by Gasteiger charge is 2.13. The van der Waals surface area contributed by atoms with Crippen molar-refractivity contribution < 1.29 is 14.3 Å². The zero-order valence-corrected chi connectivity index (χ0v) is 11.0. The first-order valence-electron chi connectivity index (χ1n) is 5.92. The Morgan fingerprint density at radius 1 is 1.24 bits per heavy atom. The fourth-order valence-electron chi connectivity index (χ4n) is 1.77. The van der Waals surface area contributed by atoms with E-state index in [9.17, 15) is 4.79 Å². The minimum atomic E-state index is -0.292. The van der Waals surface area contributed by atoms with Crippen LogP contribution in [0.15, 0.2) is 12.1 Å². The predicted octanol–water partition coefficient (Wildman–Crippen LogP) is 3.27. The summed E-state index contributed by atoms with van der Waals surface area (Å²) in [5.74, 6) is 0.529. The molecule has 0 aliphatic rings. The van der Waals surface area contributed by atoms with Gasteiger partial charge in [-0.2, -0.15) is 0 Å². The summed E-state index contributed by atoms with van der Waals surface area (Å²) in [5, 5.41) is 0. The molecule has 0 aliphatic heterocycles. The van der Waals surface area contributed by atoms with Gasteiger partial charge in [0.1, 0.15) is 5.75 Å². The maximum atomic E-state index is 11.6. The molecule has 0 fully saturated rings. The average molecular weight is 236 g/mol. The zero-order chi connectivity index (χ0) is 12.8. The molecule has 17 heavy (non-hydrogen) atoms. The summed E-state index contributed by atoms with van der Waals surface area (Å²) >= 11 is 0. The van der Waals surface area contributed by atoms with Crippen molar-refractivity contribution in [3.8, 4) is 5.75 Å². The van der Waals surface area contributed by atoms with E-state index in [2.05, 4.69) is 6.92 Å². The van der Waals surface area contributed by atoms with Gasteiger partial charge in [0.05, 0.1) is 19.3 Å². The van der Waals surface area contributed by atoms with Gasteiger partial charge < -0.3 is 9.47 Å². The van der Waals surface area contributed by atoms with Crippen molar-refractivity contribution in [2.75, 3.05) is 13.7 Å². The van der Waals surface area contributed by atoms with Crippen LogP contribution in [0, 0.1) is 13.8 Å². The SMILES string of the molecule is CCCCOc1cc(C)c(C(=O)OC)c(C)c1. The van der Waals surface area contributed by atoms with Crippen molar-refractivity contribution in [2.45, 2.75) is 33.6 Å². The Morgan fingerprint density at radius 3 is 2.29 bits per heavy atom. The van der Waals surface area contributed by atoms with Crippen molar-refractivity contribution in [1.29, 1.82) is 0 Å². The van der Waals surface area contributed by atoms with Crippen LogP contribution < -0.4 is 4.74 Å². The summed E-state index contributed by atoms with van der Waals surface area (Å²) in [5.41, 5.74) is 2.42. The van der Waals surface area contributed by atoms with Gasteiger partial charge in [0.15, 0.2) is 0 Å². The van der Waals surface area contributed by atoms with Crippen LogP contribution in [0.5, 0.6) is 5.75 Å². The molecule has 94 valence electrons. The van der Waals surface area contributed by atoms with Gasteiger partial charge in [0.2, 0.25) is 0 Å². The molecule has 0 radical (unpaired) electrons. The monoisotopic (exact) mass is 236 g/mol. The molecule has 0 aliphatic carbocycles. The van der Waals surface area contributed by atoms with Crippen molar-refractivity contribution in [2.24, 2.45) is 0 Å². The quantitative estimate of drug-likeness (QED) is 0.581. The van der Waals surface area contributed by atoms with Crippen LogP contribution in [-0.2, 0) is 4.74 Å². The second kappa shape index (κ2) is 6.28. The van der Waals surface area contributed by atoms with E-state index >= 15 is 0 Å². The Hall–Kier alpha value is -1.51. The molecule has 1 aromatic rings. The smallest absolute Gasteiger partial charge is 0.338 e. The van der Waals surface area contributed by atoms with Crippen molar-refractivity contribution >= 4 is 5.97 Å². The number of ether oxygens (including phenoxy) is 2. The topological polar surface area (TPSA) is 35.5 Å². The Balaban J connectivity index is 2.89. The number of carbonyl (C=O) groups is 1. The van der Waals surface area contributed by atoms with E-state index in [0.717, 1.165) is 29.7 Å².